The van der Waals surface area contributed by atoms with Crippen molar-refractivity contribution in [1.82, 2.24) is 0 Å². The van der Waals surface area contributed by atoms with Crippen LogP contribution in [0.5, 0.6) is 0 Å². The van der Waals surface area contributed by atoms with E-state index in [1.165, 1.54) is 22.5 Å². The Kier molecular flexibility index (Phi) is 4.81. The van der Waals surface area contributed by atoms with E-state index in [1.807, 2.05) is 6.08 Å². The molecule has 3 aromatic rings. The number of hydrogen-bond donors (Lipinski definition) is 0. The first kappa shape index (κ1) is 16.1. The van der Waals surface area contributed by atoms with E-state index in [0.29, 0.717) is 0 Å². The quantitative estimate of drug-likeness (QED) is 0.508. The largest absolute Gasteiger partial charge is 0.310 e. The molecule has 0 N–H and O–H groups in total. The summed E-state index contributed by atoms with van der Waals surface area (Å²) in [6, 6.07) is 25.8. The summed E-state index contributed by atoms with van der Waals surface area (Å²) in [4.78, 5) is 2.32. The summed E-state index contributed by atoms with van der Waals surface area (Å²) in [5, 5.41) is 0. The Morgan fingerprint density at radius 2 is 1.42 bits per heavy atom. The third kappa shape index (κ3) is 3.26. The first-order valence-corrected chi connectivity index (χ1v) is 8.40. The summed E-state index contributed by atoms with van der Waals surface area (Å²) in [6.45, 7) is 8.16. The van der Waals surface area contributed by atoms with E-state index in [4.69, 9.17) is 0 Å². The van der Waals surface area contributed by atoms with Gasteiger partial charge in [0.05, 0.1) is 0 Å². The van der Waals surface area contributed by atoms with Crippen molar-refractivity contribution in [2.24, 2.45) is 0 Å². The number of anilines is 3. The van der Waals surface area contributed by atoms with Gasteiger partial charge < -0.3 is 4.90 Å². The highest BCUT2D eigenvalue weighted by molar-refractivity contribution is 5.78. The Labute approximate surface area is 144 Å². The molecular formula is C23H23N. The highest BCUT2D eigenvalue weighted by atomic mass is 15.1. The number of hydrogen-bond acceptors (Lipinski definition) is 1. The van der Waals surface area contributed by atoms with E-state index >= 15 is 0 Å². The summed E-state index contributed by atoms with van der Waals surface area (Å²) < 4.78 is 0. The van der Waals surface area contributed by atoms with Crippen LogP contribution in [-0.2, 0) is 6.42 Å². The number of rotatable bonds is 5. The molecule has 120 valence electrons. The second kappa shape index (κ2) is 7.18. The van der Waals surface area contributed by atoms with Crippen LogP contribution in [0, 0.1) is 6.92 Å². The molecule has 0 radical (unpaired) electrons. The SMILES string of the molecule is C=Cc1ccc(N(c2ccc(C)cc2)c2ccccc2CC)cc1. The zero-order valence-electron chi connectivity index (χ0n) is 14.4. The number of nitrogens with zero attached hydrogens (tertiary/aromatic N) is 1. The lowest BCUT2D eigenvalue weighted by Gasteiger charge is -2.27. The Balaban J connectivity index is 2.16. The monoisotopic (exact) mass is 313 g/mol. The van der Waals surface area contributed by atoms with Crippen LogP contribution >= 0.6 is 0 Å². The van der Waals surface area contributed by atoms with Gasteiger partial charge in [-0.1, -0.05) is 67.6 Å². The summed E-state index contributed by atoms with van der Waals surface area (Å²) in [5.41, 5.74) is 7.30. The standard InChI is InChI=1S/C23H23N/c1-4-19-12-16-22(17-13-19)24(21-14-10-18(3)11-15-21)23-9-7-6-8-20(23)5-2/h4,6-17H,1,5H2,2-3H3. The van der Waals surface area contributed by atoms with Gasteiger partial charge in [-0.3, -0.25) is 0 Å². The molecule has 24 heavy (non-hydrogen) atoms. The minimum Gasteiger partial charge on any atom is -0.310 e. The van der Waals surface area contributed by atoms with Gasteiger partial charge in [-0.25, -0.2) is 0 Å². The molecule has 0 saturated heterocycles. The average Bonchev–Trinajstić information content (AvgIpc) is 2.64. The van der Waals surface area contributed by atoms with E-state index in [9.17, 15) is 0 Å². The van der Waals surface area contributed by atoms with E-state index in [-0.39, 0.29) is 0 Å². The third-order valence-corrected chi connectivity index (χ3v) is 4.29. The van der Waals surface area contributed by atoms with Crippen LogP contribution in [0.2, 0.25) is 0 Å². The van der Waals surface area contributed by atoms with Crippen LogP contribution in [0.1, 0.15) is 23.6 Å². The second-order valence-corrected chi connectivity index (χ2v) is 5.95. The molecule has 0 aliphatic carbocycles. The molecule has 0 saturated carbocycles. The normalized spacial score (nSPS) is 10.4. The summed E-state index contributed by atoms with van der Waals surface area (Å²) in [5.74, 6) is 0. The summed E-state index contributed by atoms with van der Waals surface area (Å²) >= 11 is 0. The summed E-state index contributed by atoms with van der Waals surface area (Å²) in [6.07, 6.45) is 2.88. The Hall–Kier alpha value is -2.80. The molecule has 1 nitrogen and oxygen atoms in total. The Morgan fingerprint density at radius 3 is 2.00 bits per heavy atom. The van der Waals surface area contributed by atoms with Gasteiger partial charge in [0, 0.05) is 17.1 Å². The fraction of sp³-hybridized carbons (Fsp3) is 0.130. The van der Waals surface area contributed by atoms with Gasteiger partial charge in [-0.15, -0.1) is 0 Å². The van der Waals surface area contributed by atoms with Crippen molar-refractivity contribution in [3.05, 3.63) is 96.1 Å². The molecular weight excluding hydrogens is 290 g/mol. The molecule has 0 unspecified atom stereocenters. The van der Waals surface area contributed by atoms with Gasteiger partial charge >= 0.3 is 0 Å². The lowest BCUT2D eigenvalue weighted by atomic mass is 10.1. The van der Waals surface area contributed by atoms with Crippen molar-refractivity contribution in [2.45, 2.75) is 20.3 Å². The molecule has 0 aromatic heterocycles. The van der Waals surface area contributed by atoms with Crippen molar-refractivity contribution >= 4 is 23.1 Å². The fourth-order valence-electron chi connectivity index (χ4n) is 2.91. The predicted molar refractivity (Wildman–Crippen MR) is 105 cm³/mol. The van der Waals surface area contributed by atoms with Gasteiger partial charge in [0.1, 0.15) is 0 Å². The van der Waals surface area contributed by atoms with Crippen LogP contribution in [0.4, 0.5) is 17.1 Å². The highest BCUT2D eigenvalue weighted by Crippen LogP contribution is 2.36. The van der Waals surface area contributed by atoms with Crippen LogP contribution in [-0.4, -0.2) is 0 Å². The maximum atomic E-state index is 3.85. The van der Waals surface area contributed by atoms with Crippen LogP contribution in [0.25, 0.3) is 6.08 Å². The zero-order chi connectivity index (χ0) is 16.9. The molecule has 0 amide bonds. The lowest BCUT2D eigenvalue weighted by molar-refractivity contribution is 1.11. The van der Waals surface area contributed by atoms with Crippen LogP contribution in [0.3, 0.4) is 0 Å². The van der Waals surface area contributed by atoms with Crippen LogP contribution < -0.4 is 4.90 Å². The zero-order valence-corrected chi connectivity index (χ0v) is 14.4. The molecule has 3 aromatic carbocycles. The number of aryl methyl sites for hydroxylation is 2. The van der Waals surface area contributed by atoms with Gasteiger partial charge in [0.2, 0.25) is 0 Å². The predicted octanol–water partition coefficient (Wildman–Crippen LogP) is 6.67. The maximum Gasteiger partial charge on any atom is 0.0493 e. The molecule has 0 aliphatic rings. The fourth-order valence-corrected chi connectivity index (χ4v) is 2.91. The molecule has 0 fully saturated rings. The minimum absolute atomic E-state index is 1.00. The van der Waals surface area contributed by atoms with Gasteiger partial charge in [-0.05, 0) is 54.8 Å². The second-order valence-electron chi connectivity index (χ2n) is 5.95. The first-order chi connectivity index (χ1) is 11.7. The minimum atomic E-state index is 1.00. The molecule has 0 heterocycles. The first-order valence-electron chi connectivity index (χ1n) is 8.40. The van der Waals surface area contributed by atoms with E-state index in [1.54, 1.807) is 0 Å². The van der Waals surface area contributed by atoms with Crippen molar-refractivity contribution in [3.63, 3.8) is 0 Å². The lowest BCUT2D eigenvalue weighted by Crippen LogP contribution is -2.12. The number of benzene rings is 3. The van der Waals surface area contributed by atoms with Gasteiger partial charge in [-0.2, -0.15) is 0 Å². The van der Waals surface area contributed by atoms with E-state index in [0.717, 1.165) is 17.7 Å². The molecule has 0 spiro atoms. The summed E-state index contributed by atoms with van der Waals surface area (Å²) in [7, 11) is 0. The Bertz CT molecular complexity index is 813. The van der Waals surface area contributed by atoms with Crippen molar-refractivity contribution in [1.29, 1.82) is 0 Å². The van der Waals surface area contributed by atoms with Crippen molar-refractivity contribution in [2.75, 3.05) is 4.90 Å². The van der Waals surface area contributed by atoms with E-state index < -0.39 is 0 Å². The molecule has 1 heteroatoms. The smallest absolute Gasteiger partial charge is 0.0493 e. The van der Waals surface area contributed by atoms with Gasteiger partial charge in [0.25, 0.3) is 0 Å². The topological polar surface area (TPSA) is 3.24 Å². The van der Waals surface area contributed by atoms with E-state index in [2.05, 4.69) is 98.1 Å². The van der Waals surface area contributed by atoms with Crippen LogP contribution in [0.15, 0.2) is 79.4 Å². The third-order valence-electron chi connectivity index (χ3n) is 4.29. The maximum absolute atomic E-state index is 3.85. The Morgan fingerprint density at radius 1 is 0.833 bits per heavy atom. The number of para-hydroxylation sites is 1. The molecule has 0 aliphatic heterocycles. The van der Waals surface area contributed by atoms with Crippen molar-refractivity contribution < 1.29 is 0 Å². The van der Waals surface area contributed by atoms with Crippen molar-refractivity contribution in [3.8, 4) is 0 Å². The average molecular weight is 313 g/mol. The molecule has 0 bridgehead atoms. The molecule has 3 rings (SSSR count). The molecule has 0 atom stereocenters. The highest BCUT2D eigenvalue weighted by Gasteiger charge is 2.14. The van der Waals surface area contributed by atoms with Gasteiger partial charge in [0.15, 0.2) is 0 Å².